The minimum Gasteiger partial charge on any atom is -0.436 e. The quantitative estimate of drug-likeness (QED) is 0.574. The van der Waals surface area contributed by atoms with E-state index in [4.69, 9.17) is 19.5 Å². The molecule has 2 aromatic carbocycles. The van der Waals surface area contributed by atoms with Gasteiger partial charge in [0.15, 0.2) is 5.58 Å². The molecule has 0 saturated carbocycles. The van der Waals surface area contributed by atoms with Gasteiger partial charge in [-0.15, -0.1) is 0 Å². The molecular weight excluding hydrogens is 315 g/mol. The summed E-state index contributed by atoms with van der Waals surface area (Å²) in [6.07, 6.45) is 0. The number of fused-ring (bicyclic) bond motifs is 1. The van der Waals surface area contributed by atoms with Gasteiger partial charge in [0.2, 0.25) is 5.89 Å². The normalized spacial score (nSPS) is 18.8. The third-order valence-corrected chi connectivity index (χ3v) is 5.13. The maximum Gasteiger partial charge on any atom is 0.494 e. The van der Waals surface area contributed by atoms with E-state index >= 15 is 0 Å². The number of rotatable bonds is 2. The third kappa shape index (κ3) is 2.62. The van der Waals surface area contributed by atoms with Gasteiger partial charge in [-0.2, -0.15) is 0 Å². The number of nitrogens with two attached hydrogens (primary N) is 1. The molecule has 1 saturated heterocycles. The largest absolute Gasteiger partial charge is 0.494 e. The summed E-state index contributed by atoms with van der Waals surface area (Å²) in [5.74, 6) is 0.549. The number of hydrogen-bond acceptors (Lipinski definition) is 5. The van der Waals surface area contributed by atoms with Crippen LogP contribution >= 0.6 is 0 Å². The first kappa shape index (κ1) is 16.2. The van der Waals surface area contributed by atoms with Crippen molar-refractivity contribution in [1.29, 1.82) is 0 Å². The second-order valence-electron chi connectivity index (χ2n) is 7.42. The van der Waals surface area contributed by atoms with Crippen LogP contribution in [0.4, 0.5) is 5.69 Å². The lowest BCUT2D eigenvalue weighted by molar-refractivity contribution is 0.00578. The molecule has 128 valence electrons. The summed E-state index contributed by atoms with van der Waals surface area (Å²) >= 11 is 0. The molecule has 1 aliphatic heterocycles. The second-order valence-corrected chi connectivity index (χ2v) is 7.42. The van der Waals surface area contributed by atoms with E-state index in [1.54, 1.807) is 0 Å². The van der Waals surface area contributed by atoms with Gasteiger partial charge < -0.3 is 19.5 Å². The highest BCUT2D eigenvalue weighted by atomic mass is 16.7. The Labute approximate surface area is 147 Å². The monoisotopic (exact) mass is 336 g/mol. The number of nitrogen functional groups attached to an aromatic ring is 1. The Hall–Kier alpha value is -2.31. The molecule has 2 N–H and O–H groups in total. The molecule has 0 amide bonds. The SMILES string of the molecule is CC1(C)OB(c2ccc(-c3nc4c(N)cccc4o3)cc2)OC1(C)C. The number of benzene rings is 2. The van der Waals surface area contributed by atoms with E-state index in [2.05, 4.69) is 4.98 Å². The fraction of sp³-hybridized carbons (Fsp3) is 0.316. The average Bonchev–Trinajstić information content (AvgIpc) is 3.07. The van der Waals surface area contributed by atoms with E-state index in [1.165, 1.54) is 0 Å². The number of para-hydroxylation sites is 1. The van der Waals surface area contributed by atoms with Gasteiger partial charge in [-0.05, 0) is 57.4 Å². The summed E-state index contributed by atoms with van der Waals surface area (Å²) in [4.78, 5) is 4.50. The van der Waals surface area contributed by atoms with Crippen molar-refractivity contribution in [2.24, 2.45) is 0 Å². The molecule has 0 spiro atoms. The summed E-state index contributed by atoms with van der Waals surface area (Å²) < 4.78 is 18.0. The Bertz CT molecular complexity index is 915. The number of hydrogen-bond donors (Lipinski definition) is 1. The molecule has 5 nitrogen and oxygen atoms in total. The zero-order valence-electron chi connectivity index (χ0n) is 14.9. The number of nitrogens with zero attached hydrogens (tertiary/aromatic N) is 1. The van der Waals surface area contributed by atoms with Crippen LogP contribution in [0.15, 0.2) is 46.9 Å². The lowest BCUT2D eigenvalue weighted by atomic mass is 9.79. The smallest absolute Gasteiger partial charge is 0.436 e. The average molecular weight is 336 g/mol. The van der Waals surface area contributed by atoms with E-state index in [-0.39, 0.29) is 18.3 Å². The van der Waals surface area contributed by atoms with Crippen LogP contribution in [0.1, 0.15) is 27.7 Å². The summed E-state index contributed by atoms with van der Waals surface area (Å²) in [6.45, 7) is 8.18. The topological polar surface area (TPSA) is 70.5 Å². The molecular formula is C19H21BN2O3. The first-order valence-corrected chi connectivity index (χ1v) is 8.38. The van der Waals surface area contributed by atoms with Crippen LogP contribution < -0.4 is 11.2 Å². The van der Waals surface area contributed by atoms with Crippen LogP contribution in [0.3, 0.4) is 0 Å². The van der Waals surface area contributed by atoms with Crippen molar-refractivity contribution >= 4 is 29.4 Å². The Morgan fingerprint density at radius 1 is 0.920 bits per heavy atom. The van der Waals surface area contributed by atoms with Gasteiger partial charge in [0.1, 0.15) is 5.52 Å². The number of anilines is 1. The Balaban J connectivity index is 1.63. The summed E-state index contributed by atoms with van der Waals surface area (Å²) in [7, 11) is -0.377. The van der Waals surface area contributed by atoms with Crippen LogP contribution in [0.5, 0.6) is 0 Å². The molecule has 6 heteroatoms. The highest BCUT2D eigenvalue weighted by Crippen LogP contribution is 2.36. The van der Waals surface area contributed by atoms with Crippen LogP contribution in [0.25, 0.3) is 22.6 Å². The van der Waals surface area contributed by atoms with Crippen molar-refractivity contribution < 1.29 is 13.7 Å². The molecule has 0 unspecified atom stereocenters. The minimum absolute atomic E-state index is 0.353. The van der Waals surface area contributed by atoms with Crippen LogP contribution in [-0.2, 0) is 9.31 Å². The van der Waals surface area contributed by atoms with Crippen molar-refractivity contribution in [3.05, 3.63) is 42.5 Å². The van der Waals surface area contributed by atoms with Crippen LogP contribution in [0, 0.1) is 0 Å². The van der Waals surface area contributed by atoms with Gasteiger partial charge in [-0.25, -0.2) is 4.98 Å². The Morgan fingerprint density at radius 3 is 2.16 bits per heavy atom. The van der Waals surface area contributed by atoms with Crippen molar-refractivity contribution in [2.45, 2.75) is 38.9 Å². The lowest BCUT2D eigenvalue weighted by Gasteiger charge is -2.32. The first-order valence-electron chi connectivity index (χ1n) is 8.38. The molecule has 0 aliphatic carbocycles. The lowest BCUT2D eigenvalue weighted by Crippen LogP contribution is -2.41. The third-order valence-electron chi connectivity index (χ3n) is 5.13. The number of oxazole rings is 1. The standard InChI is InChI=1S/C19H21BN2O3/c1-18(2)19(3,4)25-20(24-18)13-10-8-12(9-11-13)17-22-16-14(21)6-5-7-15(16)23-17/h5-11H,21H2,1-4H3. The van der Waals surface area contributed by atoms with E-state index in [9.17, 15) is 0 Å². The predicted octanol–water partition coefficient (Wildman–Crippen LogP) is 3.38. The summed E-state index contributed by atoms with van der Waals surface area (Å²) in [5, 5.41) is 0. The molecule has 2 heterocycles. The van der Waals surface area contributed by atoms with Gasteiger partial charge in [0, 0.05) is 5.56 Å². The summed E-state index contributed by atoms with van der Waals surface area (Å²) in [5.41, 5.74) is 9.08. The van der Waals surface area contributed by atoms with Gasteiger partial charge >= 0.3 is 7.12 Å². The van der Waals surface area contributed by atoms with Gasteiger partial charge in [-0.3, -0.25) is 0 Å². The van der Waals surface area contributed by atoms with E-state index in [0.29, 0.717) is 22.7 Å². The van der Waals surface area contributed by atoms with Gasteiger partial charge in [0.05, 0.1) is 16.9 Å². The minimum atomic E-state index is -0.377. The van der Waals surface area contributed by atoms with Crippen molar-refractivity contribution in [3.63, 3.8) is 0 Å². The van der Waals surface area contributed by atoms with Crippen LogP contribution in [-0.4, -0.2) is 23.3 Å². The highest BCUT2D eigenvalue weighted by molar-refractivity contribution is 6.62. The van der Waals surface area contributed by atoms with Gasteiger partial charge in [0.25, 0.3) is 0 Å². The molecule has 1 aromatic heterocycles. The molecule has 4 rings (SSSR count). The zero-order valence-corrected chi connectivity index (χ0v) is 14.9. The highest BCUT2D eigenvalue weighted by Gasteiger charge is 2.51. The van der Waals surface area contributed by atoms with Crippen molar-refractivity contribution in [2.75, 3.05) is 5.73 Å². The fourth-order valence-electron chi connectivity index (χ4n) is 2.86. The Morgan fingerprint density at radius 2 is 1.56 bits per heavy atom. The molecule has 0 bridgehead atoms. The Kier molecular flexibility index (Phi) is 3.46. The maximum atomic E-state index is 6.08. The second kappa shape index (κ2) is 5.34. The summed E-state index contributed by atoms with van der Waals surface area (Å²) in [6, 6.07) is 13.4. The van der Waals surface area contributed by atoms with Crippen LogP contribution in [0.2, 0.25) is 0 Å². The van der Waals surface area contributed by atoms with Crippen molar-refractivity contribution in [1.82, 2.24) is 4.98 Å². The van der Waals surface area contributed by atoms with Gasteiger partial charge in [-0.1, -0.05) is 18.2 Å². The van der Waals surface area contributed by atoms with E-state index in [1.807, 2.05) is 70.2 Å². The first-order chi connectivity index (χ1) is 11.8. The predicted molar refractivity (Wildman–Crippen MR) is 99.6 cm³/mol. The molecule has 1 aliphatic rings. The molecule has 0 radical (unpaired) electrons. The maximum absolute atomic E-state index is 6.08. The molecule has 25 heavy (non-hydrogen) atoms. The van der Waals surface area contributed by atoms with Crippen molar-refractivity contribution in [3.8, 4) is 11.5 Å². The molecule has 1 fully saturated rings. The van der Waals surface area contributed by atoms with E-state index < -0.39 is 0 Å². The fourth-order valence-corrected chi connectivity index (χ4v) is 2.86. The number of aromatic nitrogens is 1. The molecule has 3 aromatic rings. The molecule has 0 atom stereocenters. The zero-order chi connectivity index (χ0) is 17.8. The van der Waals surface area contributed by atoms with E-state index in [0.717, 1.165) is 11.0 Å².